The lowest BCUT2D eigenvalue weighted by Crippen LogP contribution is -2.30. The van der Waals surface area contributed by atoms with Crippen molar-refractivity contribution in [2.45, 2.75) is 323 Å². The van der Waals surface area contributed by atoms with Gasteiger partial charge in [-0.15, -0.1) is 0 Å². The second-order valence-corrected chi connectivity index (χ2v) is 19.7. The molecule has 0 N–H and O–H groups in total. The Balaban J connectivity index is 4.27. The Kier molecular flexibility index (Phi) is 49.1. The van der Waals surface area contributed by atoms with Crippen molar-refractivity contribution in [3.8, 4) is 0 Å². The molecule has 0 aliphatic carbocycles. The molecule has 0 saturated heterocycles. The highest BCUT2D eigenvalue weighted by molar-refractivity contribution is 5.71. The maximum Gasteiger partial charge on any atom is 0.306 e. The van der Waals surface area contributed by atoms with E-state index in [0.717, 1.165) is 63.7 Å². The number of hydrogen-bond acceptors (Lipinski definition) is 6. The highest BCUT2D eigenvalue weighted by Crippen LogP contribution is 2.18. The lowest BCUT2D eigenvalue weighted by molar-refractivity contribution is -0.167. The van der Waals surface area contributed by atoms with Gasteiger partial charge in [-0.1, -0.05) is 278 Å². The Bertz CT molecular complexity index is 933. The zero-order valence-corrected chi connectivity index (χ0v) is 42.3. The Hall–Kier alpha value is -1.59. The first-order chi connectivity index (χ1) is 30.4. The largest absolute Gasteiger partial charge is 0.462 e. The molecule has 0 unspecified atom stereocenters. The molecule has 1 atom stereocenters. The second kappa shape index (κ2) is 50.4. The van der Waals surface area contributed by atoms with Crippen LogP contribution in [0.15, 0.2) is 0 Å². The predicted molar refractivity (Wildman–Crippen MR) is 266 cm³/mol. The van der Waals surface area contributed by atoms with E-state index in [4.69, 9.17) is 14.2 Å². The van der Waals surface area contributed by atoms with Crippen molar-refractivity contribution in [3.05, 3.63) is 0 Å². The lowest BCUT2D eigenvalue weighted by atomic mass is 10.0. The fourth-order valence-corrected chi connectivity index (χ4v) is 8.57. The molecule has 0 heterocycles. The summed E-state index contributed by atoms with van der Waals surface area (Å²) >= 11 is 0. The van der Waals surface area contributed by atoms with Crippen LogP contribution < -0.4 is 0 Å². The third-order valence-corrected chi connectivity index (χ3v) is 12.8. The first-order valence-electron chi connectivity index (χ1n) is 27.9. The first-order valence-corrected chi connectivity index (χ1v) is 27.9. The number of rotatable bonds is 51. The summed E-state index contributed by atoms with van der Waals surface area (Å²) in [6, 6.07) is 0. The average molecular weight is 877 g/mol. The number of esters is 3. The number of hydrogen-bond donors (Lipinski definition) is 0. The quantitative estimate of drug-likeness (QED) is 0.0344. The van der Waals surface area contributed by atoms with Gasteiger partial charge < -0.3 is 14.2 Å². The molecular formula is C56H108O6. The van der Waals surface area contributed by atoms with Gasteiger partial charge in [0.15, 0.2) is 6.10 Å². The molecule has 0 rings (SSSR count). The predicted octanol–water partition coefficient (Wildman–Crippen LogP) is 18.2. The zero-order chi connectivity index (χ0) is 45.2. The highest BCUT2D eigenvalue weighted by atomic mass is 16.6. The molecular weight excluding hydrogens is 769 g/mol. The molecule has 62 heavy (non-hydrogen) atoms. The Morgan fingerprint density at radius 1 is 0.306 bits per heavy atom. The summed E-state index contributed by atoms with van der Waals surface area (Å²) in [5.74, 6) is -0.0146. The number of carbonyl (C=O) groups excluding carboxylic acids is 3. The van der Waals surface area contributed by atoms with Crippen LogP contribution in [0.5, 0.6) is 0 Å². The first kappa shape index (κ1) is 60.4. The molecule has 0 bridgehead atoms. The second-order valence-electron chi connectivity index (χ2n) is 19.7. The fourth-order valence-electron chi connectivity index (χ4n) is 8.57. The van der Waals surface area contributed by atoms with Crippen LogP contribution in [0, 0.1) is 5.92 Å². The lowest BCUT2D eigenvalue weighted by Gasteiger charge is -2.18. The normalized spacial score (nSPS) is 12.0. The van der Waals surface area contributed by atoms with Crippen molar-refractivity contribution in [3.63, 3.8) is 0 Å². The number of ether oxygens (including phenoxy) is 3. The molecule has 0 aliphatic heterocycles. The molecule has 0 aliphatic rings. The summed E-state index contributed by atoms with van der Waals surface area (Å²) in [6.07, 6.45) is 53.8. The van der Waals surface area contributed by atoms with Crippen LogP contribution in [-0.4, -0.2) is 37.2 Å². The zero-order valence-electron chi connectivity index (χ0n) is 42.3. The summed E-state index contributed by atoms with van der Waals surface area (Å²) in [6.45, 7) is 9.04. The average Bonchev–Trinajstić information content (AvgIpc) is 3.26. The van der Waals surface area contributed by atoms with Crippen molar-refractivity contribution < 1.29 is 28.6 Å². The summed E-state index contributed by atoms with van der Waals surface area (Å²) in [5, 5.41) is 0. The van der Waals surface area contributed by atoms with Crippen LogP contribution in [0.2, 0.25) is 0 Å². The highest BCUT2D eigenvalue weighted by Gasteiger charge is 2.19. The number of unbranched alkanes of at least 4 members (excludes halogenated alkanes) is 38. The molecule has 6 heteroatoms. The van der Waals surface area contributed by atoms with Crippen molar-refractivity contribution in [2.75, 3.05) is 13.2 Å². The van der Waals surface area contributed by atoms with Crippen LogP contribution in [-0.2, 0) is 28.6 Å². The van der Waals surface area contributed by atoms with Gasteiger partial charge in [0.25, 0.3) is 0 Å². The minimum Gasteiger partial charge on any atom is -0.462 e. The molecule has 0 fully saturated rings. The van der Waals surface area contributed by atoms with Gasteiger partial charge in [0.05, 0.1) is 0 Å². The van der Waals surface area contributed by atoms with Crippen molar-refractivity contribution in [2.24, 2.45) is 5.92 Å². The maximum absolute atomic E-state index is 12.8. The van der Waals surface area contributed by atoms with Gasteiger partial charge in [-0.2, -0.15) is 0 Å². The van der Waals surface area contributed by atoms with Gasteiger partial charge in [0.2, 0.25) is 0 Å². The Morgan fingerprint density at radius 3 is 0.790 bits per heavy atom. The third-order valence-electron chi connectivity index (χ3n) is 12.8. The van der Waals surface area contributed by atoms with Crippen LogP contribution in [0.4, 0.5) is 0 Å². The SMILES string of the molecule is CCCCCCCCCCCCCCCCCCCCC(=O)OC[C@@H](COC(=O)CCCCCCCCCCCCCC)OC(=O)CCCCCCCCCCCCCC(C)C. The third kappa shape index (κ3) is 49.4. The van der Waals surface area contributed by atoms with Gasteiger partial charge in [0.1, 0.15) is 13.2 Å². The van der Waals surface area contributed by atoms with Crippen LogP contribution in [0.1, 0.15) is 317 Å². The monoisotopic (exact) mass is 877 g/mol. The van der Waals surface area contributed by atoms with Crippen LogP contribution in [0.25, 0.3) is 0 Å². The van der Waals surface area contributed by atoms with Crippen molar-refractivity contribution in [1.29, 1.82) is 0 Å². The maximum atomic E-state index is 12.8. The minimum atomic E-state index is -0.761. The minimum absolute atomic E-state index is 0.0623. The van der Waals surface area contributed by atoms with E-state index < -0.39 is 6.10 Å². The summed E-state index contributed by atoms with van der Waals surface area (Å²) < 4.78 is 16.9. The molecule has 0 aromatic heterocycles. The standard InChI is InChI=1S/C56H108O6/c1-5-7-9-11-13-15-17-19-20-21-22-23-24-28-32-36-40-44-48-55(58)61-51-53(50-60-54(57)47-43-39-35-31-27-18-16-14-12-10-8-6-2)62-56(59)49-45-41-37-33-29-25-26-30-34-38-42-46-52(3)4/h52-53H,5-51H2,1-4H3/t53-/m1/s1. The van der Waals surface area contributed by atoms with Gasteiger partial charge in [0, 0.05) is 19.3 Å². The molecule has 0 aromatic carbocycles. The Labute approximate surface area is 387 Å². The van der Waals surface area contributed by atoms with Crippen molar-refractivity contribution >= 4 is 17.9 Å². The van der Waals surface area contributed by atoms with E-state index in [2.05, 4.69) is 27.7 Å². The van der Waals surface area contributed by atoms with E-state index in [0.29, 0.717) is 19.3 Å². The van der Waals surface area contributed by atoms with Crippen LogP contribution >= 0.6 is 0 Å². The molecule has 0 radical (unpaired) electrons. The van der Waals surface area contributed by atoms with E-state index in [1.54, 1.807) is 0 Å². The van der Waals surface area contributed by atoms with E-state index in [1.807, 2.05) is 0 Å². The smallest absolute Gasteiger partial charge is 0.306 e. The van der Waals surface area contributed by atoms with Gasteiger partial charge in [-0.3, -0.25) is 14.4 Å². The topological polar surface area (TPSA) is 78.9 Å². The van der Waals surface area contributed by atoms with Gasteiger partial charge >= 0.3 is 17.9 Å². The number of carbonyl (C=O) groups is 3. The fraction of sp³-hybridized carbons (Fsp3) is 0.946. The molecule has 368 valence electrons. The van der Waals surface area contributed by atoms with E-state index in [9.17, 15) is 14.4 Å². The molecule has 0 aromatic rings. The van der Waals surface area contributed by atoms with E-state index >= 15 is 0 Å². The summed E-state index contributed by atoms with van der Waals surface area (Å²) in [7, 11) is 0. The molecule has 6 nitrogen and oxygen atoms in total. The summed E-state index contributed by atoms with van der Waals surface area (Å²) in [5.41, 5.74) is 0. The van der Waals surface area contributed by atoms with Crippen LogP contribution in [0.3, 0.4) is 0 Å². The van der Waals surface area contributed by atoms with E-state index in [-0.39, 0.29) is 31.1 Å². The van der Waals surface area contributed by atoms with E-state index in [1.165, 1.54) is 212 Å². The summed E-state index contributed by atoms with van der Waals surface area (Å²) in [4.78, 5) is 38.0. The van der Waals surface area contributed by atoms with Gasteiger partial charge in [-0.05, 0) is 25.2 Å². The van der Waals surface area contributed by atoms with Gasteiger partial charge in [-0.25, -0.2) is 0 Å². The molecule has 0 spiro atoms. The van der Waals surface area contributed by atoms with Crippen molar-refractivity contribution in [1.82, 2.24) is 0 Å². The Morgan fingerprint density at radius 2 is 0.532 bits per heavy atom. The molecule has 0 amide bonds. The molecule has 0 saturated carbocycles.